The first-order valence-electron chi connectivity index (χ1n) is 6.67. The molecule has 0 aliphatic heterocycles. The summed E-state index contributed by atoms with van der Waals surface area (Å²) < 4.78 is 27.3. The zero-order valence-corrected chi connectivity index (χ0v) is 13.9. The standard InChI is InChI=1S/C14H21N3O2S.ClH/c1-3-4-5-13(10-16)17-20(18,19)14-7-6-12(9-15)8-11(14)2;/h6-8,13,17H,3-5,10,16H2,1-2H3;1H. The number of unbranched alkanes of at least 4 members (excludes halogenated alkanes) is 1. The van der Waals surface area contributed by atoms with Gasteiger partial charge in [-0.2, -0.15) is 5.26 Å². The van der Waals surface area contributed by atoms with E-state index < -0.39 is 10.0 Å². The first-order chi connectivity index (χ1) is 9.44. The van der Waals surface area contributed by atoms with Gasteiger partial charge in [0, 0.05) is 12.6 Å². The fraction of sp³-hybridized carbons (Fsp3) is 0.500. The number of aryl methyl sites for hydroxylation is 1. The fourth-order valence-corrected chi connectivity index (χ4v) is 3.49. The molecule has 0 heterocycles. The molecule has 0 bridgehead atoms. The number of nitrogens with two attached hydrogens (primary N) is 1. The average molecular weight is 332 g/mol. The molecule has 1 aromatic carbocycles. The van der Waals surface area contributed by atoms with Crippen LogP contribution in [0.3, 0.4) is 0 Å². The molecule has 0 radical (unpaired) electrons. The molecular formula is C14H22ClN3O2S. The van der Waals surface area contributed by atoms with Gasteiger partial charge in [0.05, 0.1) is 16.5 Å². The van der Waals surface area contributed by atoms with Gasteiger partial charge in [0.25, 0.3) is 0 Å². The Labute approximate surface area is 133 Å². The zero-order valence-electron chi connectivity index (χ0n) is 12.3. The van der Waals surface area contributed by atoms with Crippen LogP contribution in [0.4, 0.5) is 0 Å². The summed E-state index contributed by atoms with van der Waals surface area (Å²) in [5.41, 5.74) is 6.62. The molecule has 0 saturated heterocycles. The van der Waals surface area contributed by atoms with Crippen LogP contribution in [0.2, 0.25) is 0 Å². The quantitative estimate of drug-likeness (QED) is 0.799. The van der Waals surface area contributed by atoms with Crippen molar-refractivity contribution in [3.63, 3.8) is 0 Å². The number of nitrogens with zero attached hydrogens (tertiary/aromatic N) is 1. The average Bonchev–Trinajstić information content (AvgIpc) is 2.42. The Morgan fingerprint density at radius 2 is 2.10 bits per heavy atom. The van der Waals surface area contributed by atoms with Gasteiger partial charge in [0.15, 0.2) is 0 Å². The summed E-state index contributed by atoms with van der Waals surface area (Å²) in [6, 6.07) is 6.27. The van der Waals surface area contributed by atoms with Gasteiger partial charge >= 0.3 is 0 Å². The van der Waals surface area contributed by atoms with Crippen LogP contribution in [-0.2, 0) is 10.0 Å². The lowest BCUT2D eigenvalue weighted by molar-refractivity contribution is 0.516. The summed E-state index contributed by atoms with van der Waals surface area (Å²) in [4.78, 5) is 0.200. The molecular weight excluding hydrogens is 310 g/mol. The second kappa shape index (κ2) is 9.00. The molecule has 21 heavy (non-hydrogen) atoms. The number of nitriles is 1. The van der Waals surface area contributed by atoms with Crippen LogP contribution in [0.5, 0.6) is 0 Å². The molecule has 0 spiro atoms. The van der Waals surface area contributed by atoms with E-state index in [0.717, 1.165) is 19.3 Å². The Kier molecular flexibility index (Phi) is 8.52. The first-order valence-corrected chi connectivity index (χ1v) is 8.16. The molecule has 1 aromatic rings. The Morgan fingerprint density at radius 3 is 2.57 bits per heavy atom. The van der Waals surface area contributed by atoms with E-state index in [4.69, 9.17) is 11.0 Å². The summed E-state index contributed by atoms with van der Waals surface area (Å²) in [6.45, 7) is 4.00. The predicted octanol–water partition coefficient (Wildman–Crippen LogP) is 2.08. The summed E-state index contributed by atoms with van der Waals surface area (Å²) >= 11 is 0. The number of sulfonamides is 1. The van der Waals surface area contributed by atoms with E-state index >= 15 is 0 Å². The van der Waals surface area contributed by atoms with Crippen molar-refractivity contribution in [2.75, 3.05) is 6.54 Å². The summed E-state index contributed by atoms with van der Waals surface area (Å²) in [6.07, 6.45) is 2.65. The second-order valence-corrected chi connectivity index (χ2v) is 6.47. The highest BCUT2D eigenvalue weighted by Gasteiger charge is 2.20. The fourth-order valence-electron chi connectivity index (χ4n) is 1.98. The molecule has 0 aliphatic carbocycles. The van der Waals surface area contributed by atoms with Crippen molar-refractivity contribution >= 4 is 22.4 Å². The Morgan fingerprint density at radius 1 is 1.43 bits per heavy atom. The van der Waals surface area contributed by atoms with Crippen LogP contribution >= 0.6 is 12.4 Å². The monoisotopic (exact) mass is 331 g/mol. The highest BCUT2D eigenvalue weighted by Crippen LogP contribution is 2.17. The van der Waals surface area contributed by atoms with Crippen molar-refractivity contribution in [3.05, 3.63) is 29.3 Å². The molecule has 0 fully saturated rings. The molecule has 118 valence electrons. The van der Waals surface area contributed by atoms with Crippen molar-refractivity contribution < 1.29 is 8.42 Å². The molecule has 7 heteroatoms. The maximum Gasteiger partial charge on any atom is 0.241 e. The van der Waals surface area contributed by atoms with Crippen molar-refractivity contribution in [1.82, 2.24) is 4.72 Å². The molecule has 0 aromatic heterocycles. The minimum atomic E-state index is -3.60. The maximum absolute atomic E-state index is 12.3. The van der Waals surface area contributed by atoms with Crippen LogP contribution in [0.25, 0.3) is 0 Å². The number of nitrogens with one attached hydrogen (secondary N) is 1. The Bertz CT molecular complexity index is 597. The van der Waals surface area contributed by atoms with Crippen molar-refractivity contribution in [3.8, 4) is 6.07 Å². The zero-order chi connectivity index (χ0) is 15.2. The highest BCUT2D eigenvalue weighted by atomic mass is 35.5. The second-order valence-electron chi connectivity index (χ2n) is 4.79. The van der Waals surface area contributed by atoms with Gasteiger partial charge in [0.2, 0.25) is 10.0 Å². The third kappa shape index (κ3) is 5.64. The number of halogens is 1. The highest BCUT2D eigenvalue weighted by molar-refractivity contribution is 7.89. The molecule has 1 unspecified atom stereocenters. The van der Waals surface area contributed by atoms with Gasteiger partial charge in [-0.1, -0.05) is 19.8 Å². The van der Waals surface area contributed by atoms with Gasteiger partial charge < -0.3 is 5.73 Å². The van der Waals surface area contributed by atoms with Gasteiger partial charge in [-0.25, -0.2) is 13.1 Å². The molecule has 1 rings (SSSR count). The van der Waals surface area contributed by atoms with Crippen molar-refractivity contribution in [2.24, 2.45) is 5.73 Å². The normalized spacial score (nSPS) is 12.3. The third-order valence-corrected chi connectivity index (χ3v) is 4.79. The number of hydrogen-bond acceptors (Lipinski definition) is 4. The van der Waals surface area contributed by atoms with E-state index in [2.05, 4.69) is 4.72 Å². The minimum absolute atomic E-state index is 0. The predicted molar refractivity (Wildman–Crippen MR) is 85.8 cm³/mol. The summed E-state index contributed by atoms with van der Waals surface area (Å²) in [5, 5.41) is 8.80. The van der Waals surface area contributed by atoms with Crippen molar-refractivity contribution in [1.29, 1.82) is 5.26 Å². The SMILES string of the molecule is CCCCC(CN)NS(=O)(=O)c1ccc(C#N)cc1C.Cl. The Hall–Kier alpha value is -1.13. The van der Waals surface area contributed by atoms with E-state index in [9.17, 15) is 8.42 Å². The lowest BCUT2D eigenvalue weighted by atomic mass is 10.1. The lowest BCUT2D eigenvalue weighted by Gasteiger charge is -2.17. The van der Waals surface area contributed by atoms with Crippen LogP contribution in [0, 0.1) is 18.3 Å². The van der Waals surface area contributed by atoms with Gasteiger partial charge in [-0.3, -0.25) is 0 Å². The van der Waals surface area contributed by atoms with E-state index in [0.29, 0.717) is 11.1 Å². The van der Waals surface area contributed by atoms with Crippen molar-refractivity contribution in [2.45, 2.75) is 44.0 Å². The summed E-state index contributed by atoms with van der Waals surface area (Å²) in [7, 11) is -3.60. The molecule has 3 N–H and O–H groups in total. The molecule has 1 atom stereocenters. The lowest BCUT2D eigenvalue weighted by Crippen LogP contribution is -2.40. The van der Waals surface area contributed by atoms with Crippen LogP contribution in [0.1, 0.15) is 37.3 Å². The molecule has 0 saturated carbocycles. The van der Waals surface area contributed by atoms with Gasteiger partial charge in [-0.05, 0) is 37.1 Å². The summed E-state index contributed by atoms with van der Waals surface area (Å²) in [5.74, 6) is 0. The number of benzene rings is 1. The molecule has 0 aliphatic rings. The maximum atomic E-state index is 12.3. The van der Waals surface area contributed by atoms with Crippen LogP contribution < -0.4 is 10.5 Å². The third-order valence-electron chi connectivity index (χ3n) is 3.11. The minimum Gasteiger partial charge on any atom is -0.329 e. The largest absolute Gasteiger partial charge is 0.329 e. The number of hydrogen-bond donors (Lipinski definition) is 2. The van der Waals surface area contributed by atoms with E-state index in [1.165, 1.54) is 12.1 Å². The number of rotatable bonds is 7. The Balaban J connectivity index is 0.00000400. The van der Waals surface area contributed by atoms with E-state index in [-0.39, 0.29) is 29.9 Å². The molecule has 0 amide bonds. The van der Waals surface area contributed by atoms with E-state index in [1.54, 1.807) is 13.0 Å². The first kappa shape index (κ1) is 19.9. The van der Waals surface area contributed by atoms with Gasteiger partial charge in [0.1, 0.15) is 0 Å². The van der Waals surface area contributed by atoms with Crippen LogP contribution in [0.15, 0.2) is 23.1 Å². The van der Waals surface area contributed by atoms with Gasteiger partial charge in [-0.15, -0.1) is 12.4 Å². The smallest absolute Gasteiger partial charge is 0.241 e. The topological polar surface area (TPSA) is 96.0 Å². The molecule has 5 nitrogen and oxygen atoms in total. The van der Waals surface area contributed by atoms with Crippen LogP contribution in [-0.4, -0.2) is 21.0 Å². The van der Waals surface area contributed by atoms with E-state index in [1.807, 2.05) is 13.0 Å².